The van der Waals surface area contributed by atoms with Gasteiger partial charge in [-0.3, -0.25) is 9.88 Å². The molecule has 0 amide bonds. The summed E-state index contributed by atoms with van der Waals surface area (Å²) in [5.74, 6) is -1.49. The largest absolute Gasteiger partial charge is 0.467 e. The number of rotatable bonds is 7. The van der Waals surface area contributed by atoms with Crippen molar-refractivity contribution in [2.24, 2.45) is 0 Å². The average Bonchev–Trinajstić information content (AvgIpc) is 3.68. The number of aromatic nitrogens is 5. The molecule has 9 nitrogen and oxygen atoms in total. The lowest BCUT2D eigenvalue weighted by molar-refractivity contribution is -0.153. The summed E-state index contributed by atoms with van der Waals surface area (Å²) in [6, 6.07) is 1.46. The summed E-state index contributed by atoms with van der Waals surface area (Å²) < 4.78 is 88.8. The van der Waals surface area contributed by atoms with Crippen LogP contribution in [0.15, 0.2) is 18.5 Å². The molecule has 0 radical (unpaired) electrons. The molecule has 1 aromatic carbocycles. The minimum Gasteiger partial charge on any atom is -0.467 e. The highest BCUT2D eigenvalue weighted by molar-refractivity contribution is 6.35. The fourth-order valence-corrected chi connectivity index (χ4v) is 7.07. The van der Waals surface area contributed by atoms with Gasteiger partial charge in [-0.25, -0.2) is 13.5 Å². The molecule has 0 bridgehead atoms. The molecule has 0 aliphatic carbocycles. The Labute approximate surface area is 259 Å². The van der Waals surface area contributed by atoms with Crippen LogP contribution in [0.2, 0.25) is 5.02 Å². The normalized spacial score (nSPS) is 24.1. The second kappa shape index (κ2) is 11.5. The van der Waals surface area contributed by atoms with Crippen molar-refractivity contribution in [3.63, 3.8) is 0 Å². The molecule has 45 heavy (non-hydrogen) atoms. The monoisotopic (exact) mass is 652 g/mol. The molecule has 3 aliphatic rings. The third-order valence-electron chi connectivity index (χ3n) is 8.92. The van der Waals surface area contributed by atoms with Crippen LogP contribution in [-0.2, 0) is 4.74 Å². The zero-order valence-corrected chi connectivity index (χ0v) is 25.1. The molecular weight excluding hydrogens is 623 g/mol. The minimum absolute atomic E-state index is 0.00997. The van der Waals surface area contributed by atoms with Crippen LogP contribution in [0.5, 0.6) is 11.9 Å². The van der Waals surface area contributed by atoms with Crippen LogP contribution < -0.4 is 9.47 Å². The van der Waals surface area contributed by atoms with E-state index in [4.69, 9.17) is 25.8 Å². The molecule has 1 unspecified atom stereocenters. The highest BCUT2D eigenvalue weighted by Crippen LogP contribution is 2.43. The van der Waals surface area contributed by atoms with E-state index in [9.17, 15) is 17.6 Å². The summed E-state index contributed by atoms with van der Waals surface area (Å²) in [5, 5.41) is 5.11. The molecule has 3 aromatic heterocycles. The molecule has 0 saturated carbocycles. The number of fused-ring (bicyclic) bond motifs is 3. The van der Waals surface area contributed by atoms with E-state index in [-0.39, 0.29) is 59.0 Å². The Balaban J connectivity index is 1.32. The Kier molecular flexibility index (Phi) is 7.72. The standard InChI is InChI=1S/C30H30ClF5N6O3/c1-16-9-20-18(12-38-42(20)21-5-2-3-8-43-21)22(23(16)31)26-24(33)25-19(11-37-26)27(44-15-30(34,35)36)40-28(39-25)45-14-29-6-4-7-41(29)13-17(32)10-29/h9,11-12,17,21H,2-8,10,13-15H2,1H3/t17-,21?,29+/m1/s1. The maximum Gasteiger partial charge on any atom is 0.422 e. The van der Waals surface area contributed by atoms with Gasteiger partial charge in [-0.2, -0.15) is 28.2 Å². The lowest BCUT2D eigenvalue weighted by Gasteiger charge is -2.30. The summed E-state index contributed by atoms with van der Waals surface area (Å²) in [7, 11) is 0. The number of alkyl halides is 4. The summed E-state index contributed by atoms with van der Waals surface area (Å²) in [5.41, 5.74) is 0.452. The first-order valence-electron chi connectivity index (χ1n) is 14.9. The van der Waals surface area contributed by atoms with E-state index in [1.54, 1.807) is 17.8 Å². The molecule has 3 aliphatic heterocycles. The SMILES string of the molecule is Cc1cc2c(cnn2C2CCCCO2)c(-c2ncc3c(OCC(F)(F)F)nc(OC[C@@]45CCCN4C[C@H](F)C5)nc3c2F)c1Cl. The summed E-state index contributed by atoms with van der Waals surface area (Å²) in [6.07, 6.45) is 1.22. The zero-order chi connectivity index (χ0) is 31.5. The summed E-state index contributed by atoms with van der Waals surface area (Å²) >= 11 is 6.76. The van der Waals surface area contributed by atoms with Crippen LogP contribution in [0.1, 0.15) is 50.3 Å². The first-order valence-corrected chi connectivity index (χ1v) is 15.3. The molecule has 7 rings (SSSR count). The Bertz CT molecular complexity index is 1760. The molecule has 240 valence electrons. The van der Waals surface area contributed by atoms with Crippen molar-refractivity contribution in [3.8, 4) is 23.1 Å². The molecule has 6 heterocycles. The topological polar surface area (TPSA) is 87.4 Å². The third kappa shape index (κ3) is 5.54. The molecule has 3 saturated heterocycles. The fraction of sp³-hybridized carbons (Fsp3) is 0.533. The maximum absolute atomic E-state index is 16.5. The van der Waals surface area contributed by atoms with E-state index in [0.717, 1.165) is 31.9 Å². The van der Waals surface area contributed by atoms with Crippen molar-refractivity contribution in [1.29, 1.82) is 0 Å². The van der Waals surface area contributed by atoms with Crippen molar-refractivity contribution in [3.05, 3.63) is 34.9 Å². The number of hydrogen-bond acceptors (Lipinski definition) is 8. The maximum atomic E-state index is 16.5. The number of hydrogen-bond donors (Lipinski definition) is 0. The Morgan fingerprint density at radius 2 is 1.98 bits per heavy atom. The third-order valence-corrected chi connectivity index (χ3v) is 9.41. The van der Waals surface area contributed by atoms with Crippen LogP contribution in [0, 0.1) is 12.7 Å². The second-order valence-corrected chi connectivity index (χ2v) is 12.4. The Morgan fingerprint density at radius 3 is 2.76 bits per heavy atom. The van der Waals surface area contributed by atoms with Gasteiger partial charge in [0.1, 0.15) is 24.0 Å². The van der Waals surface area contributed by atoms with Gasteiger partial charge in [-0.1, -0.05) is 11.6 Å². The number of benzene rings is 1. The number of ether oxygens (including phenoxy) is 3. The van der Waals surface area contributed by atoms with Crippen molar-refractivity contribution in [1.82, 2.24) is 29.6 Å². The van der Waals surface area contributed by atoms with E-state index in [2.05, 4.69) is 20.1 Å². The lowest BCUT2D eigenvalue weighted by atomic mass is 9.95. The smallest absolute Gasteiger partial charge is 0.422 e. The molecule has 4 aromatic rings. The molecule has 15 heteroatoms. The van der Waals surface area contributed by atoms with Crippen molar-refractivity contribution in [2.45, 2.75) is 69.6 Å². The van der Waals surface area contributed by atoms with Gasteiger partial charge in [0.15, 0.2) is 18.7 Å². The summed E-state index contributed by atoms with van der Waals surface area (Å²) in [4.78, 5) is 14.6. The lowest BCUT2D eigenvalue weighted by Crippen LogP contribution is -2.43. The minimum atomic E-state index is -4.68. The number of halogens is 6. The quantitative estimate of drug-likeness (QED) is 0.203. The fourth-order valence-electron chi connectivity index (χ4n) is 6.83. The van der Waals surface area contributed by atoms with Gasteiger partial charge in [0.25, 0.3) is 0 Å². The Morgan fingerprint density at radius 1 is 1.13 bits per heavy atom. The van der Waals surface area contributed by atoms with Crippen LogP contribution in [0.4, 0.5) is 22.0 Å². The van der Waals surface area contributed by atoms with Crippen LogP contribution >= 0.6 is 11.6 Å². The van der Waals surface area contributed by atoms with Gasteiger partial charge in [-0.05, 0) is 57.2 Å². The summed E-state index contributed by atoms with van der Waals surface area (Å²) in [6.45, 7) is 1.68. The van der Waals surface area contributed by atoms with Crippen molar-refractivity contribution < 1.29 is 36.2 Å². The van der Waals surface area contributed by atoms with Gasteiger partial charge in [0.05, 0.1) is 27.7 Å². The van der Waals surface area contributed by atoms with Gasteiger partial charge in [-0.15, -0.1) is 0 Å². The molecule has 3 atom stereocenters. The molecular formula is C30H30ClF5N6O3. The number of nitrogens with zero attached hydrogens (tertiary/aromatic N) is 6. The molecule has 0 N–H and O–H groups in total. The van der Waals surface area contributed by atoms with E-state index in [1.165, 1.54) is 0 Å². The predicted molar refractivity (Wildman–Crippen MR) is 155 cm³/mol. The highest BCUT2D eigenvalue weighted by atomic mass is 35.5. The zero-order valence-electron chi connectivity index (χ0n) is 24.3. The van der Waals surface area contributed by atoms with Crippen molar-refractivity contribution in [2.75, 3.05) is 32.9 Å². The van der Waals surface area contributed by atoms with Gasteiger partial charge >= 0.3 is 12.2 Å². The Hall–Kier alpha value is -3.36. The number of aryl methyl sites for hydroxylation is 1. The molecule has 3 fully saturated rings. The van der Waals surface area contributed by atoms with Gasteiger partial charge in [0, 0.05) is 36.7 Å². The van der Waals surface area contributed by atoms with Crippen molar-refractivity contribution >= 4 is 33.4 Å². The van der Waals surface area contributed by atoms with Gasteiger partial charge in [0.2, 0.25) is 5.88 Å². The van der Waals surface area contributed by atoms with E-state index in [1.807, 2.05) is 11.0 Å². The van der Waals surface area contributed by atoms with Crippen LogP contribution in [0.3, 0.4) is 0 Å². The molecule has 0 spiro atoms. The second-order valence-electron chi connectivity index (χ2n) is 12.0. The van der Waals surface area contributed by atoms with E-state index >= 15 is 4.39 Å². The highest BCUT2D eigenvalue weighted by Gasteiger charge is 2.49. The predicted octanol–water partition coefficient (Wildman–Crippen LogP) is 6.74. The first-order chi connectivity index (χ1) is 21.5. The van der Waals surface area contributed by atoms with Crippen LogP contribution in [-0.4, -0.2) is 80.4 Å². The first kappa shape index (κ1) is 30.3. The van der Waals surface area contributed by atoms with E-state index in [0.29, 0.717) is 36.0 Å². The van der Waals surface area contributed by atoms with Crippen LogP contribution in [0.25, 0.3) is 33.1 Å². The average molecular weight is 653 g/mol. The van der Waals surface area contributed by atoms with Gasteiger partial charge < -0.3 is 14.2 Å². The van der Waals surface area contributed by atoms with E-state index < -0.39 is 36.2 Å². The number of pyridine rings is 1.